The van der Waals surface area contributed by atoms with Crippen LogP contribution in [0.1, 0.15) is 28.3 Å². The molecule has 0 aliphatic carbocycles. The summed E-state index contributed by atoms with van der Waals surface area (Å²) in [7, 11) is 1.72. The number of hydrogen-bond acceptors (Lipinski definition) is 2. The van der Waals surface area contributed by atoms with Crippen LogP contribution in [0.15, 0.2) is 46.9 Å². The highest BCUT2D eigenvalue weighted by Crippen LogP contribution is 2.27. The van der Waals surface area contributed by atoms with Crippen molar-refractivity contribution in [2.75, 3.05) is 13.7 Å². The predicted octanol–water partition coefficient (Wildman–Crippen LogP) is 3.99. The molecular weight excluding hydrogens is 314 g/mol. The molecule has 0 amide bonds. The molecule has 1 atom stereocenters. The van der Waals surface area contributed by atoms with Crippen LogP contribution in [0.3, 0.4) is 0 Å². The van der Waals surface area contributed by atoms with Gasteiger partial charge in [0.15, 0.2) is 0 Å². The molecule has 0 spiro atoms. The molecule has 0 saturated heterocycles. The van der Waals surface area contributed by atoms with E-state index in [-0.39, 0.29) is 6.04 Å². The third kappa shape index (κ3) is 3.48. The highest BCUT2D eigenvalue weighted by Gasteiger charge is 2.12. The maximum Gasteiger partial charge on any atom is 0.0554 e. The topological polar surface area (TPSA) is 35.2 Å². The minimum absolute atomic E-state index is 0.0935. The highest BCUT2D eigenvalue weighted by atomic mass is 79.9. The van der Waals surface area contributed by atoms with Crippen LogP contribution in [0.25, 0.3) is 0 Å². The second kappa shape index (κ2) is 7.02. The van der Waals surface area contributed by atoms with Crippen LogP contribution < -0.4 is 5.73 Å². The average Bonchev–Trinajstić information content (AvgIpc) is 2.48. The van der Waals surface area contributed by atoms with E-state index in [0.717, 1.165) is 28.6 Å². The Bertz CT molecular complexity index is 566. The number of benzene rings is 2. The molecule has 3 heteroatoms. The normalized spacial score (nSPS) is 12.4. The molecule has 106 valence electrons. The minimum atomic E-state index is -0.0935. The summed E-state index contributed by atoms with van der Waals surface area (Å²) < 4.78 is 6.19. The van der Waals surface area contributed by atoms with Gasteiger partial charge in [0.05, 0.1) is 12.6 Å². The van der Waals surface area contributed by atoms with Crippen molar-refractivity contribution in [3.63, 3.8) is 0 Å². The molecule has 2 nitrogen and oxygen atoms in total. The molecule has 1 unspecified atom stereocenters. The number of halogens is 1. The van der Waals surface area contributed by atoms with E-state index in [1.54, 1.807) is 7.11 Å². The van der Waals surface area contributed by atoms with Crippen molar-refractivity contribution < 1.29 is 4.74 Å². The molecule has 20 heavy (non-hydrogen) atoms. The van der Waals surface area contributed by atoms with Gasteiger partial charge in [0.1, 0.15) is 0 Å². The Morgan fingerprint density at radius 2 is 1.85 bits per heavy atom. The van der Waals surface area contributed by atoms with Gasteiger partial charge in [0, 0.05) is 11.6 Å². The van der Waals surface area contributed by atoms with Crippen LogP contribution in [-0.4, -0.2) is 13.7 Å². The lowest BCUT2D eigenvalue weighted by molar-refractivity contribution is 0.202. The van der Waals surface area contributed by atoms with Gasteiger partial charge in [-0.25, -0.2) is 0 Å². The Morgan fingerprint density at radius 1 is 1.15 bits per heavy atom. The molecular formula is C17H20BrNO. The largest absolute Gasteiger partial charge is 0.384 e. The molecule has 0 aliphatic heterocycles. The van der Waals surface area contributed by atoms with E-state index in [0.29, 0.717) is 0 Å². The van der Waals surface area contributed by atoms with Gasteiger partial charge >= 0.3 is 0 Å². The lowest BCUT2D eigenvalue weighted by Crippen LogP contribution is -2.13. The van der Waals surface area contributed by atoms with Crippen molar-refractivity contribution in [3.8, 4) is 0 Å². The smallest absolute Gasteiger partial charge is 0.0554 e. The van der Waals surface area contributed by atoms with Gasteiger partial charge in [-0.2, -0.15) is 0 Å². The van der Waals surface area contributed by atoms with Gasteiger partial charge in [-0.15, -0.1) is 0 Å². The van der Waals surface area contributed by atoms with Gasteiger partial charge in [0.2, 0.25) is 0 Å². The molecule has 0 saturated carbocycles. The van der Waals surface area contributed by atoms with Gasteiger partial charge in [-0.05, 0) is 41.7 Å². The first-order valence-electron chi connectivity index (χ1n) is 6.72. The monoisotopic (exact) mass is 333 g/mol. The molecule has 0 fully saturated rings. The predicted molar refractivity (Wildman–Crippen MR) is 86.9 cm³/mol. The zero-order valence-corrected chi connectivity index (χ0v) is 13.5. The van der Waals surface area contributed by atoms with Gasteiger partial charge in [-0.3, -0.25) is 0 Å². The SMILES string of the molecule is COCCc1ccc(C(N)c2cccc(Br)c2C)cc1. The molecule has 0 bridgehead atoms. The van der Waals surface area contributed by atoms with E-state index >= 15 is 0 Å². The molecule has 2 N–H and O–H groups in total. The van der Waals surface area contributed by atoms with Gasteiger partial charge < -0.3 is 10.5 Å². The Morgan fingerprint density at radius 3 is 2.50 bits per heavy atom. The van der Waals surface area contributed by atoms with Crippen LogP contribution in [0.4, 0.5) is 0 Å². The molecule has 0 radical (unpaired) electrons. The maximum absolute atomic E-state index is 6.39. The van der Waals surface area contributed by atoms with E-state index in [2.05, 4.69) is 53.2 Å². The fourth-order valence-corrected chi connectivity index (χ4v) is 2.63. The van der Waals surface area contributed by atoms with Crippen LogP contribution in [0.2, 0.25) is 0 Å². The second-order valence-corrected chi connectivity index (χ2v) is 5.77. The van der Waals surface area contributed by atoms with Crippen LogP contribution in [-0.2, 0) is 11.2 Å². The summed E-state index contributed by atoms with van der Waals surface area (Å²) in [6, 6.07) is 14.5. The zero-order chi connectivity index (χ0) is 14.5. The quantitative estimate of drug-likeness (QED) is 0.897. The Balaban J connectivity index is 2.20. The summed E-state index contributed by atoms with van der Waals surface area (Å²) in [5.41, 5.74) is 11.1. The minimum Gasteiger partial charge on any atom is -0.384 e. The van der Waals surface area contributed by atoms with Gasteiger partial charge in [-0.1, -0.05) is 52.3 Å². The third-order valence-corrected chi connectivity index (χ3v) is 4.44. The summed E-state index contributed by atoms with van der Waals surface area (Å²) in [4.78, 5) is 0. The first-order chi connectivity index (χ1) is 9.63. The number of rotatable bonds is 5. The molecule has 0 aliphatic rings. The first kappa shape index (κ1) is 15.2. The second-order valence-electron chi connectivity index (χ2n) is 4.92. The standard InChI is InChI=1S/C17H20BrNO/c1-12-15(4-3-5-16(12)18)17(19)14-8-6-13(7-9-14)10-11-20-2/h3-9,17H,10-11,19H2,1-2H3. The zero-order valence-electron chi connectivity index (χ0n) is 11.9. The van der Waals surface area contributed by atoms with E-state index in [9.17, 15) is 0 Å². The summed E-state index contributed by atoms with van der Waals surface area (Å²) in [5.74, 6) is 0. The molecule has 0 heterocycles. The fraction of sp³-hybridized carbons (Fsp3) is 0.294. The number of nitrogens with two attached hydrogens (primary N) is 1. The maximum atomic E-state index is 6.39. The lowest BCUT2D eigenvalue weighted by atomic mass is 9.95. The van der Waals surface area contributed by atoms with E-state index in [4.69, 9.17) is 10.5 Å². The molecule has 2 aromatic rings. The van der Waals surface area contributed by atoms with Crippen molar-refractivity contribution in [2.45, 2.75) is 19.4 Å². The van der Waals surface area contributed by atoms with Crippen molar-refractivity contribution >= 4 is 15.9 Å². The van der Waals surface area contributed by atoms with Crippen molar-refractivity contribution in [3.05, 3.63) is 69.2 Å². The molecule has 2 rings (SSSR count). The van der Waals surface area contributed by atoms with Crippen molar-refractivity contribution in [1.29, 1.82) is 0 Å². The van der Waals surface area contributed by atoms with Crippen LogP contribution in [0, 0.1) is 6.92 Å². The summed E-state index contributed by atoms with van der Waals surface area (Å²) in [6.07, 6.45) is 0.932. The Labute approximate surface area is 129 Å². The first-order valence-corrected chi connectivity index (χ1v) is 7.51. The van der Waals surface area contributed by atoms with Crippen LogP contribution in [0.5, 0.6) is 0 Å². The number of ether oxygens (including phenoxy) is 1. The summed E-state index contributed by atoms with van der Waals surface area (Å²) in [5, 5.41) is 0. The summed E-state index contributed by atoms with van der Waals surface area (Å²) in [6.45, 7) is 2.84. The number of methoxy groups -OCH3 is 1. The Hall–Kier alpha value is -1.16. The Kier molecular flexibility index (Phi) is 5.35. The lowest BCUT2D eigenvalue weighted by Gasteiger charge is -2.16. The molecule has 2 aromatic carbocycles. The fourth-order valence-electron chi connectivity index (χ4n) is 2.25. The van der Waals surface area contributed by atoms with E-state index in [1.165, 1.54) is 11.1 Å². The van der Waals surface area contributed by atoms with E-state index < -0.39 is 0 Å². The average molecular weight is 334 g/mol. The highest BCUT2D eigenvalue weighted by molar-refractivity contribution is 9.10. The number of hydrogen-bond donors (Lipinski definition) is 1. The summed E-state index contributed by atoms with van der Waals surface area (Å²) >= 11 is 3.56. The molecule has 0 aromatic heterocycles. The van der Waals surface area contributed by atoms with Crippen molar-refractivity contribution in [1.82, 2.24) is 0 Å². The van der Waals surface area contributed by atoms with Crippen molar-refractivity contribution in [2.24, 2.45) is 5.73 Å². The van der Waals surface area contributed by atoms with E-state index in [1.807, 2.05) is 12.1 Å². The van der Waals surface area contributed by atoms with Gasteiger partial charge in [0.25, 0.3) is 0 Å². The third-order valence-electron chi connectivity index (χ3n) is 3.58. The van der Waals surface area contributed by atoms with Crippen LogP contribution >= 0.6 is 15.9 Å².